The molecular formula is C19H20FN3O2. The van der Waals surface area contributed by atoms with Gasteiger partial charge in [0.25, 0.3) is 5.91 Å². The van der Waals surface area contributed by atoms with E-state index in [1.165, 1.54) is 24.4 Å². The molecule has 5 nitrogen and oxygen atoms in total. The SMILES string of the molecule is Cc1cc(N2CCCC2)c(F)cc1C=NNC(=O)c1cccc(O)c1. The molecule has 25 heavy (non-hydrogen) atoms. The maximum absolute atomic E-state index is 14.4. The quantitative estimate of drug-likeness (QED) is 0.663. The minimum atomic E-state index is -0.445. The number of benzene rings is 2. The number of rotatable bonds is 4. The molecule has 1 heterocycles. The number of nitrogens with zero attached hydrogens (tertiary/aromatic N) is 2. The molecule has 6 heteroatoms. The Kier molecular flexibility index (Phi) is 4.97. The van der Waals surface area contributed by atoms with Crippen molar-refractivity contribution in [2.75, 3.05) is 18.0 Å². The second kappa shape index (κ2) is 7.34. The number of amides is 1. The van der Waals surface area contributed by atoms with Gasteiger partial charge < -0.3 is 10.0 Å². The number of anilines is 1. The Morgan fingerprint density at radius 2 is 2.04 bits per heavy atom. The molecule has 3 rings (SSSR count). The molecule has 2 aromatic rings. The number of carbonyl (C=O) groups is 1. The fraction of sp³-hybridized carbons (Fsp3) is 0.263. The number of aromatic hydroxyl groups is 1. The second-order valence-corrected chi connectivity index (χ2v) is 6.10. The highest BCUT2D eigenvalue weighted by Crippen LogP contribution is 2.26. The van der Waals surface area contributed by atoms with Crippen molar-refractivity contribution in [3.8, 4) is 5.75 Å². The number of nitrogens with one attached hydrogen (secondary N) is 1. The van der Waals surface area contributed by atoms with Gasteiger partial charge in [-0.25, -0.2) is 9.82 Å². The minimum Gasteiger partial charge on any atom is -0.508 e. The number of hydrogen-bond acceptors (Lipinski definition) is 4. The van der Waals surface area contributed by atoms with E-state index >= 15 is 0 Å². The number of aryl methyl sites for hydroxylation is 1. The van der Waals surface area contributed by atoms with Crippen molar-refractivity contribution < 1.29 is 14.3 Å². The normalized spacial score (nSPS) is 14.2. The first-order valence-electron chi connectivity index (χ1n) is 8.22. The summed E-state index contributed by atoms with van der Waals surface area (Å²) < 4.78 is 14.4. The Labute approximate surface area is 145 Å². The number of phenols is 1. The monoisotopic (exact) mass is 341 g/mol. The summed E-state index contributed by atoms with van der Waals surface area (Å²) >= 11 is 0. The van der Waals surface area contributed by atoms with Crippen molar-refractivity contribution in [3.05, 3.63) is 58.9 Å². The third-order valence-corrected chi connectivity index (χ3v) is 4.26. The molecule has 1 amide bonds. The topological polar surface area (TPSA) is 64.9 Å². The van der Waals surface area contributed by atoms with E-state index in [0.29, 0.717) is 16.8 Å². The van der Waals surface area contributed by atoms with Crippen molar-refractivity contribution in [1.82, 2.24) is 5.43 Å². The molecule has 0 aliphatic carbocycles. The van der Waals surface area contributed by atoms with E-state index in [1.54, 1.807) is 12.1 Å². The lowest BCUT2D eigenvalue weighted by Crippen LogP contribution is -2.19. The zero-order valence-corrected chi connectivity index (χ0v) is 14.0. The zero-order chi connectivity index (χ0) is 17.8. The van der Waals surface area contributed by atoms with Crippen LogP contribution in [0.4, 0.5) is 10.1 Å². The van der Waals surface area contributed by atoms with Crippen LogP contribution in [0.3, 0.4) is 0 Å². The molecule has 0 atom stereocenters. The van der Waals surface area contributed by atoms with Gasteiger partial charge >= 0.3 is 0 Å². The van der Waals surface area contributed by atoms with Crippen molar-refractivity contribution in [1.29, 1.82) is 0 Å². The van der Waals surface area contributed by atoms with Crippen LogP contribution in [-0.2, 0) is 0 Å². The van der Waals surface area contributed by atoms with Gasteiger partial charge in [0.1, 0.15) is 11.6 Å². The smallest absolute Gasteiger partial charge is 0.271 e. The molecule has 130 valence electrons. The average molecular weight is 341 g/mol. The molecule has 2 aromatic carbocycles. The molecule has 1 aliphatic heterocycles. The van der Waals surface area contributed by atoms with Crippen molar-refractivity contribution >= 4 is 17.8 Å². The number of phenolic OH excluding ortho intramolecular Hbond substituents is 1. The Morgan fingerprint density at radius 1 is 1.28 bits per heavy atom. The Morgan fingerprint density at radius 3 is 2.76 bits per heavy atom. The minimum absolute atomic E-state index is 0.00652. The second-order valence-electron chi connectivity index (χ2n) is 6.10. The third-order valence-electron chi connectivity index (χ3n) is 4.26. The van der Waals surface area contributed by atoms with Gasteiger partial charge in [-0.3, -0.25) is 4.79 Å². The van der Waals surface area contributed by atoms with Gasteiger partial charge in [0, 0.05) is 24.2 Å². The van der Waals surface area contributed by atoms with Gasteiger partial charge in [0.15, 0.2) is 0 Å². The van der Waals surface area contributed by atoms with Crippen LogP contribution in [0.1, 0.15) is 34.3 Å². The van der Waals surface area contributed by atoms with E-state index in [4.69, 9.17) is 0 Å². The maximum Gasteiger partial charge on any atom is 0.271 e. The van der Waals surface area contributed by atoms with E-state index in [0.717, 1.165) is 31.5 Å². The largest absolute Gasteiger partial charge is 0.508 e. The van der Waals surface area contributed by atoms with Gasteiger partial charge in [0.05, 0.1) is 11.9 Å². The van der Waals surface area contributed by atoms with E-state index < -0.39 is 5.91 Å². The summed E-state index contributed by atoms with van der Waals surface area (Å²) in [4.78, 5) is 14.0. The lowest BCUT2D eigenvalue weighted by atomic mass is 10.1. The third kappa shape index (κ3) is 3.96. The number of hydrazone groups is 1. The summed E-state index contributed by atoms with van der Waals surface area (Å²) in [6.45, 7) is 3.64. The summed E-state index contributed by atoms with van der Waals surface area (Å²) in [5.41, 5.74) is 4.79. The van der Waals surface area contributed by atoms with E-state index in [9.17, 15) is 14.3 Å². The first kappa shape index (κ1) is 17.0. The van der Waals surface area contributed by atoms with Crippen LogP contribution in [0, 0.1) is 12.7 Å². The van der Waals surface area contributed by atoms with Crippen LogP contribution in [0.5, 0.6) is 5.75 Å². The fourth-order valence-electron chi connectivity index (χ4n) is 2.89. The van der Waals surface area contributed by atoms with Crippen LogP contribution in [-0.4, -0.2) is 30.3 Å². The molecule has 0 bridgehead atoms. The molecule has 1 saturated heterocycles. The van der Waals surface area contributed by atoms with Gasteiger partial charge in [-0.1, -0.05) is 6.07 Å². The molecule has 2 N–H and O–H groups in total. The van der Waals surface area contributed by atoms with Crippen LogP contribution >= 0.6 is 0 Å². The van der Waals surface area contributed by atoms with Crippen LogP contribution in [0.15, 0.2) is 41.5 Å². The summed E-state index contributed by atoms with van der Waals surface area (Å²) in [6.07, 6.45) is 3.60. The molecule has 0 radical (unpaired) electrons. The summed E-state index contributed by atoms with van der Waals surface area (Å²) in [6, 6.07) is 9.23. The van der Waals surface area contributed by atoms with Crippen molar-refractivity contribution in [2.24, 2.45) is 5.10 Å². The molecular weight excluding hydrogens is 321 g/mol. The first-order valence-corrected chi connectivity index (χ1v) is 8.22. The predicted octanol–water partition coefficient (Wildman–Crippen LogP) is 3.20. The van der Waals surface area contributed by atoms with Gasteiger partial charge in [0.2, 0.25) is 0 Å². The fourth-order valence-corrected chi connectivity index (χ4v) is 2.89. The summed E-state index contributed by atoms with van der Waals surface area (Å²) in [5, 5.41) is 13.3. The molecule has 0 spiro atoms. The zero-order valence-electron chi connectivity index (χ0n) is 14.0. The maximum atomic E-state index is 14.4. The van der Waals surface area contributed by atoms with Gasteiger partial charge in [-0.05, 0) is 55.7 Å². The molecule has 1 aliphatic rings. The predicted molar refractivity (Wildman–Crippen MR) is 95.8 cm³/mol. The summed E-state index contributed by atoms with van der Waals surface area (Å²) in [7, 11) is 0. The number of hydrogen-bond donors (Lipinski definition) is 2. The lowest BCUT2D eigenvalue weighted by molar-refractivity contribution is 0.0954. The van der Waals surface area contributed by atoms with Crippen LogP contribution in [0.25, 0.3) is 0 Å². The average Bonchev–Trinajstić information content (AvgIpc) is 3.11. The standard InChI is InChI=1S/C19H20FN3O2/c1-13-9-18(23-7-2-3-8-23)17(20)11-15(13)12-21-22-19(25)14-5-4-6-16(24)10-14/h4-6,9-12,24H,2-3,7-8H2,1H3,(H,22,25). The van der Waals surface area contributed by atoms with E-state index in [1.807, 2.05) is 17.9 Å². The Balaban J connectivity index is 1.71. The van der Waals surface area contributed by atoms with E-state index in [-0.39, 0.29) is 11.6 Å². The highest BCUT2D eigenvalue weighted by Gasteiger charge is 2.17. The van der Waals surface area contributed by atoms with Crippen molar-refractivity contribution in [2.45, 2.75) is 19.8 Å². The molecule has 0 saturated carbocycles. The Bertz CT molecular complexity index is 814. The van der Waals surface area contributed by atoms with Crippen LogP contribution < -0.4 is 10.3 Å². The Hall–Kier alpha value is -2.89. The first-order chi connectivity index (χ1) is 12.0. The highest BCUT2D eigenvalue weighted by atomic mass is 19.1. The molecule has 0 unspecified atom stereocenters. The summed E-state index contributed by atoms with van der Waals surface area (Å²) in [5.74, 6) is -0.723. The molecule has 1 fully saturated rings. The van der Waals surface area contributed by atoms with Crippen LogP contribution in [0.2, 0.25) is 0 Å². The van der Waals surface area contributed by atoms with Crippen molar-refractivity contribution in [3.63, 3.8) is 0 Å². The lowest BCUT2D eigenvalue weighted by Gasteiger charge is -2.19. The molecule has 0 aromatic heterocycles. The number of halogens is 1. The van der Waals surface area contributed by atoms with Gasteiger partial charge in [-0.2, -0.15) is 5.10 Å². The van der Waals surface area contributed by atoms with Gasteiger partial charge in [-0.15, -0.1) is 0 Å². The highest BCUT2D eigenvalue weighted by molar-refractivity contribution is 5.95. The van der Waals surface area contributed by atoms with E-state index in [2.05, 4.69) is 10.5 Å². The number of carbonyl (C=O) groups excluding carboxylic acids is 1.